The first kappa shape index (κ1) is 14.1. The second-order valence-electron chi connectivity index (χ2n) is 3.72. The molecule has 15 heavy (non-hydrogen) atoms. The van der Waals surface area contributed by atoms with Crippen molar-refractivity contribution < 1.29 is 9.53 Å². The number of hydrogen-bond donors (Lipinski definition) is 0. The second kappa shape index (κ2) is 9.69. The Balaban J connectivity index is 3.60. The van der Waals surface area contributed by atoms with Crippen molar-refractivity contribution in [1.82, 2.24) is 0 Å². The fraction of sp³-hybridized carbons (Fsp3) is 0.833. The first-order valence-electron chi connectivity index (χ1n) is 5.86. The summed E-state index contributed by atoms with van der Waals surface area (Å²) in [6.07, 6.45) is 4.56. The van der Waals surface area contributed by atoms with Crippen LogP contribution in [0.1, 0.15) is 52.9 Å². The molecule has 0 N–H and O–H groups in total. The summed E-state index contributed by atoms with van der Waals surface area (Å²) in [5.41, 5.74) is 0.880. The number of carbonyl (C=O) groups is 1. The summed E-state index contributed by atoms with van der Waals surface area (Å²) in [6.45, 7) is 7.45. The molecule has 0 rings (SSSR count). The van der Waals surface area contributed by atoms with Crippen molar-refractivity contribution in [3.63, 3.8) is 0 Å². The van der Waals surface area contributed by atoms with Gasteiger partial charge >= 0.3 is 5.97 Å². The van der Waals surface area contributed by atoms with Gasteiger partial charge in [-0.2, -0.15) is 0 Å². The summed E-state index contributed by atoms with van der Waals surface area (Å²) in [6, 6.07) is 0. The van der Waals surface area contributed by atoms with Crippen molar-refractivity contribution in [2.45, 2.75) is 52.9 Å². The van der Waals surface area contributed by atoms with Crippen molar-refractivity contribution >= 4 is 11.7 Å². The molecule has 0 atom stereocenters. The Morgan fingerprint density at radius 3 is 2.47 bits per heavy atom. The van der Waals surface area contributed by atoms with Gasteiger partial charge < -0.3 is 4.74 Å². The van der Waals surface area contributed by atoms with Crippen LogP contribution in [0.2, 0.25) is 0 Å². The lowest BCUT2D eigenvalue weighted by atomic mass is 10.3. The summed E-state index contributed by atoms with van der Waals surface area (Å²) in [4.78, 5) is 15.6. The van der Waals surface area contributed by atoms with E-state index in [4.69, 9.17) is 4.74 Å². The van der Waals surface area contributed by atoms with Crippen molar-refractivity contribution in [2.75, 3.05) is 13.2 Å². The lowest BCUT2D eigenvalue weighted by Gasteiger charge is -2.03. The first-order chi connectivity index (χ1) is 7.20. The standard InChI is InChI=1S/C12H23NO2/c1-4-6-8-13-11(3)10-12(14)15-9-7-5-2/h4-10H2,1-3H3. The number of aliphatic imine (C=N–C) groups is 1. The SMILES string of the molecule is CCCCN=C(C)CC(=O)OCCCC. The van der Waals surface area contributed by atoms with Crippen LogP contribution in [0.25, 0.3) is 0 Å². The molecule has 0 aliphatic rings. The molecule has 0 aromatic heterocycles. The summed E-state index contributed by atoms with van der Waals surface area (Å²) < 4.78 is 5.04. The van der Waals surface area contributed by atoms with Crippen LogP contribution in [0, 0.1) is 0 Å². The minimum atomic E-state index is -0.152. The predicted octanol–water partition coefficient (Wildman–Crippen LogP) is 2.98. The zero-order valence-electron chi connectivity index (χ0n) is 10.2. The number of ether oxygens (including phenoxy) is 1. The Hall–Kier alpha value is -0.860. The third-order valence-corrected chi connectivity index (χ3v) is 2.05. The molecule has 0 aromatic rings. The van der Waals surface area contributed by atoms with Crippen LogP contribution in [-0.4, -0.2) is 24.8 Å². The number of rotatable bonds is 8. The highest BCUT2D eigenvalue weighted by molar-refractivity contribution is 5.97. The number of hydrogen-bond acceptors (Lipinski definition) is 3. The van der Waals surface area contributed by atoms with Crippen molar-refractivity contribution in [3.8, 4) is 0 Å². The Morgan fingerprint density at radius 1 is 1.20 bits per heavy atom. The number of esters is 1. The summed E-state index contributed by atoms with van der Waals surface area (Å²) in [5, 5.41) is 0. The van der Waals surface area contributed by atoms with Gasteiger partial charge in [-0.15, -0.1) is 0 Å². The molecule has 0 bridgehead atoms. The van der Waals surface area contributed by atoms with Gasteiger partial charge in [-0.1, -0.05) is 26.7 Å². The van der Waals surface area contributed by atoms with E-state index in [0.29, 0.717) is 13.0 Å². The molecule has 0 radical (unpaired) electrons. The maximum atomic E-state index is 11.3. The zero-order chi connectivity index (χ0) is 11.5. The smallest absolute Gasteiger partial charge is 0.311 e. The highest BCUT2D eigenvalue weighted by Gasteiger charge is 2.03. The zero-order valence-corrected chi connectivity index (χ0v) is 10.2. The van der Waals surface area contributed by atoms with Crippen molar-refractivity contribution in [1.29, 1.82) is 0 Å². The van der Waals surface area contributed by atoms with Gasteiger partial charge in [0.25, 0.3) is 0 Å². The Bertz CT molecular complexity index is 200. The van der Waals surface area contributed by atoms with E-state index in [0.717, 1.165) is 37.9 Å². The largest absolute Gasteiger partial charge is 0.465 e. The van der Waals surface area contributed by atoms with E-state index in [1.54, 1.807) is 0 Å². The molecule has 0 aliphatic carbocycles. The van der Waals surface area contributed by atoms with E-state index in [2.05, 4.69) is 18.8 Å². The normalized spacial score (nSPS) is 11.5. The molecule has 0 amide bonds. The fourth-order valence-corrected chi connectivity index (χ4v) is 1.07. The van der Waals surface area contributed by atoms with Crippen LogP contribution in [0.3, 0.4) is 0 Å². The lowest BCUT2D eigenvalue weighted by molar-refractivity contribution is -0.142. The molecular formula is C12H23NO2. The Labute approximate surface area is 92.9 Å². The maximum absolute atomic E-state index is 11.3. The molecule has 0 saturated carbocycles. The van der Waals surface area contributed by atoms with E-state index >= 15 is 0 Å². The molecule has 3 heteroatoms. The third-order valence-electron chi connectivity index (χ3n) is 2.05. The lowest BCUT2D eigenvalue weighted by Crippen LogP contribution is -2.10. The average Bonchev–Trinajstić information content (AvgIpc) is 2.18. The van der Waals surface area contributed by atoms with Gasteiger partial charge in [0.2, 0.25) is 0 Å². The van der Waals surface area contributed by atoms with Crippen molar-refractivity contribution in [2.24, 2.45) is 4.99 Å². The minimum Gasteiger partial charge on any atom is -0.465 e. The highest BCUT2D eigenvalue weighted by Crippen LogP contribution is 1.96. The third kappa shape index (κ3) is 9.44. The van der Waals surface area contributed by atoms with Gasteiger partial charge in [0.1, 0.15) is 0 Å². The van der Waals surface area contributed by atoms with Gasteiger partial charge in [0, 0.05) is 12.3 Å². The van der Waals surface area contributed by atoms with Gasteiger partial charge in [-0.05, 0) is 19.8 Å². The first-order valence-corrected chi connectivity index (χ1v) is 5.86. The number of carbonyl (C=O) groups excluding carboxylic acids is 1. The number of nitrogens with zero attached hydrogens (tertiary/aromatic N) is 1. The van der Waals surface area contributed by atoms with E-state index in [9.17, 15) is 4.79 Å². The Kier molecular flexibility index (Phi) is 9.13. The van der Waals surface area contributed by atoms with Gasteiger partial charge in [0.05, 0.1) is 13.0 Å². The molecule has 0 spiro atoms. The maximum Gasteiger partial charge on any atom is 0.311 e. The van der Waals surface area contributed by atoms with Crippen LogP contribution in [-0.2, 0) is 9.53 Å². The second-order valence-corrected chi connectivity index (χ2v) is 3.72. The molecule has 88 valence electrons. The van der Waals surface area contributed by atoms with E-state index < -0.39 is 0 Å². The molecule has 0 heterocycles. The molecule has 0 aliphatic heterocycles. The van der Waals surface area contributed by atoms with Crippen LogP contribution in [0.15, 0.2) is 4.99 Å². The fourth-order valence-electron chi connectivity index (χ4n) is 1.07. The monoisotopic (exact) mass is 213 g/mol. The van der Waals surface area contributed by atoms with Crippen LogP contribution >= 0.6 is 0 Å². The predicted molar refractivity (Wildman–Crippen MR) is 63.4 cm³/mol. The summed E-state index contributed by atoms with van der Waals surface area (Å²) >= 11 is 0. The molecule has 0 saturated heterocycles. The average molecular weight is 213 g/mol. The number of unbranched alkanes of at least 4 members (excludes halogenated alkanes) is 2. The van der Waals surface area contributed by atoms with Gasteiger partial charge in [-0.3, -0.25) is 9.79 Å². The van der Waals surface area contributed by atoms with Gasteiger partial charge in [-0.25, -0.2) is 0 Å². The molecular weight excluding hydrogens is 190 g/mol. The van der Waals surface area contributed by atoms with Crippen molar-refractivity contribution in [3.05, 3.63) is 0 Å². The van der Waals surface area contributed by atoms with Gasteiger partial charge in [0.15, 0.2) is 0 Å². The highest BCUT2D eigenvalue weighted by atomic mass is 16.5. The topological polar surface area (TPSA) is 38.7 Å². The molecule has 0 fully saturated rings. The molecule has 3 nitrogen and oxygen atoms in total. The van der Waals surface area contributed by atoms with Crippen LogP contribution in [0.5, 0.6) is 0 Å². The van der Waals surface area contributed by atoms with E-state index in [-0.39, 0.29) is 5.97 Å². The summed E-state index contributed by atoms with van der Waals surface area (Å²) in [7, 11) is 0. The van der Waals surface area contributed by atoms with E-state index in [1.165, 1.54) is 0 Å². The molecule has 0 unspecified atom stereocenters. The Morgan fingerprint density at radius 2 is 1.87 bits per heavy atom. The van der Waals surface area contributed by atoms with Crippen LogP contribution < -0.4 is 0 Å². The quantitative estimate of drug-likeness (QED) is 0.353. The van der Waals surface area contributed by atoms with Crippen LogP contribution in [0.4, 0.5) is 0 Å². The molecule has 0 aromatic carbocycles. The van der Waals surface area contributed by atoms with E-state index in [1.807, 2.05) is 6.92 Å². The summed E-state index contributed by atoms with van der Waals surface area (Å²) in [5.74, 6) is -0.152. The minimum absolute atomic E-state index is 0.152.